The van der Waals surface area contributed by atoms with E-state index in [0.717, 1.165) is 10.9 Å². The van der Waals surface area contributed by atoms with Gasteiger partial charge >= 0.3 is 0 Å². The Morgan fingerprint density at radius 3 is 2.74 bits per heavy atom. The van der Waals surface area contributed by atoms with E-state index in [9.17, 15) is 4.79 Å². The number of benzene rings is 2. The highest BCUT2D eigenvalue weighted by Crippen LogP contribution is 2.25. The van der Waals surface area contributed by atoms with Gasteiger partial charge in [0, 0.05) is 18.4 Å². The van der Waals surface area contributed by atoms with Gasteiger partial charge in [0.05, 0.1) is 26.3 Å². The minimum Gasteiger partial charge on any atom is -0.497 e. The summed E-state index contributed by atoms with van der Waals surface area (Å²) in [5, 5.41) is 12.3. The van der Waals surface area contributed by atoms with Crippen molar-refractivity contribution in [2.75, 3.05) is 14.2 Å². The van der Waals surface area contributed by atoms with Crippen molar-refractivity contribution in [3.63, 3.8) is 0 Å². The van der Waals surface area contributed by atoms with E-state index in [4.69, 9.17) is 9.47 Å². The van der Waals surface area contributed by atoms with Crippen LogP contribution in [0.5, 0.6) is 11.5 Å². The van der Waals surface area contributed by atoms with Crippen molar-refractivity contribution in [3.8, 4) is 11.5 Å². The molecule has 1 N–H and O–H groups in total. The van der Waals surface area contributed by atoms with Crippen molar-refractivity contribution in [3.05, 3.63) is 77.6 Å². The van der Waals surface area contributed by atoms with E-state index < -0.39 is 0 Å². The summed E-state index contributed by atoms with van der Waals surface area (Å²) < 4.78 is 12.5. The monoisotopic (exact) mass is 438 g/mol. The number of aryl methyl sites for hydroxylation is 1. The predicted octanol–water partition coefficient (Wildman–Crippen LogP) is 4.01. The summed E-state index contributed by atoms with van der Waals surface area (Å²) in [6, 6.07) is 13.4. The molecule has 0 saturated heterocycles. The second-order valence-electron chi connectivity index (χ2n) is 6.82. The summed E-state index contributed by atoms with van der Waals surface area (Å²) in [7, 11) is 3.08. The molecule has 0 spiro atoms. The number of carbonyl (C=O) groups excluding carboxylic acids is 1. The number of carbonyl (C=O) groups is 1. The van der Waals surface area contributed by atoms with E-state index in [0.29, 0.717) is 29.4 Å². The fraction of sp³-hybridized carbons (Fsp3) is 0.261. The van der Waals surface area contributed by atoms with Crippen LogP contribution in [0.3, 0.4) is 0 Å². The van der Waals surface area contributed by atoms with Crippen LogP contribution in [0.1, 0.15) is 27.3 Å². The number of nitrogens with zero attached hydrogens (tertiary/aromatic N) is 3. The molecule has 0 radical (unpaired) electrons. The molecule has 0 atom stereocenters. The van der Waals surface area contributed by atoms with Gasteiger partial charge in [-0.2, -0.15) is 0 Å². The van der Waals surface area contributed by atoms with E-state index in [1.807, 2.05) is 10.6 Å². The van der Waals surface area contributed by atoms with Crippen LogP contribution >= 0.6 is 11.8 Å². The number of nitrogens with one attached hydrogen (secondary N) is 1. The van der Waals surface area contributed by atoms with E-state index in [2.05, 4.69) is 47.2 Å². The molecule has 3 rings (SSSR count). The summed E-state index contributed by atoms with van der Waals surface area (Å²) in [6.07, 6.45) is 1.79. The number of amides is 1. The molecular weight excluding hydrogens is 412 g/mol. The molecule has 0 unspecified atom stereocenters. The van der Waals surface area contributed by atoms with Gasteiger partial charge in [0.15, 0.2) is 11.0 Å². The Bertz CT molecular complexity index is 1060. The molecule has 0 saturated carbocycles. The molecule has 7 nitrogen and oxygen atoms in total. The van der Waals surface area contributed by atoms with Gasteiger partial charge in [-0.05, 0) is 24.6 Å². The van der Waals surface area contributed by atoms with Crippen molar-refractivity contribution in [2.24, 2.45) is 0 Å². The number of ether oxygens (including phenoxy) is 2. The second kappa shape index (κ2) is 10.7. The molecule has 0 bridgehead atoms. The molecule has 0 fully saturated rings. The smallest absolute Gasteiger partial charge is 0.255 e. The average Bonchev–Trinajstić information content (AvgIpc) is 3.17. The highest BCUT2D eigenvalue weighted by atomic mass is 32.2. The Labute approximate surface area is 186 Å². The van der Waals surface area contributed by atoms with Crippen LogP contribution in [-0.4, -0.2) is 34.9 Å². The number of aromatic nitrogens is 3. The SMILES string of the molecule is C=CCn1c(CNC(=O)c2ccc(OC)cc2OC)nnc1SCc1cccc(C)c1. The Morgan fingerprint density at radius 1 is 1.19 bits per heavy atom. The van der Waals surface area contributed by atoms with Gasteiger partial charge in [0.25, 0.3) is 5.91 Å². The zero-order valence-corrected chi connectivity index (χ0v) is 18.7. The third kappa shape index (κ3) is 5.67. The summed E-state index contributed by atoms with van der Waals surface area (Å²) in [5.41, 5.74) is 2.87. The first-order chi connectivity index (χ1) is 15.0. The maximum Gasteiger partial charge on any atom is 0.255 e. The summed E-state index contributed by atoms with van der Waals surface area (Å²) in [5.74, 6) is 2.24. The standard InChI is InChI=1S/C23H26N4O3S/c1-5-11-27-21(25-26-23(27)31-15-17-8-6-7-16(2)12-17)14-24-22(28)19-10-9-18(29-3)13-20(19)30-4/h5-10,12-13H,1,11,14-15H2,2-4H3,(H,24,28). The average molecular weight is 439 g/mol. The quantitative estimate of drug-likeness (QED) is 0.381. The minimum absolute atomic E-state index is 0.236. The predicted molar refractivity (Wildman–Crippen MR) is 122 cm³/mol. The third-order valence-corrected chi connectivity index (χ3v) is 5.65. The van der Waals surface area contributed by atoms with Crippen LogP contribution in [0.15, 0.2) is 60.3 Å². The maximum atomic E-state index is 12.7. The van der Waals surface area contributed by atoms with Gasteiger partial charge in [-0.1, -0.05) is 47.7 Å². The molecule has 8 heteroatoms. The zero-order chi connectivity index (χ0) is 22.2. The van der Waals surface area contributed by atoms with Crippen LogP contribution in [0.4, 0.5) is 0 Å². The lowest BCUT2D eigenvalue weighted by Gasteiger charge is -2.11. The van der Waals surface area contributed by atoms with Crippen LogP contribution in [0.2, 0.25) is 0 Å². The molecule has 2 aromatic carbocycles. The fourth-order valence-electron chi connectivity index (χ4n) is 3.06. The zero-order valence-electron chi connectivity index (χ0n) is 17.9. The van der Waals surface area contributed by atoms with Gasteiger partial charge < -0.3 is 19.4 Å². The Morgan fingerprint density at radius 2 is 2.03 bits per heavy atom. The first kappa shape index (κ1) is 22.4. The van der Waals surface area contributed by atoms with Crippen LogP contribution in [-0.2, 0) is 18.8 Å². The first-order valence-corrected chi connectivity index (χ1v) is 10.8. The van der Waals surface area contributed by atoms with Gasteiger partial charge in [-0.25, -0.2) is 0 Å². The molecule has 1 aromatic heterocycles. The summed E-state index contributed by atoms with van der Waals surface area (Å²) >= 11 is 1.61. The molecular formula is C23H26N4O3S. The number of hydrogen-bond acceptors (Lipinski definition) is 6. The molecule has 0 aliphatic heterocycles. The van der Waals surface area contributed by atoms with Crippen LogP contribution in [0.25, 0.3) is 0 Å². The van der Waals surface area contributed by atoms with E-state index >= 15 is 0 Å². The lowest BCUT2D eigenvalue weighted by atomic mass is 10.1. The first-order valence-electron chi connectivity index (χ1n) is 9.77. The molecule has 1 amide bonds. The molecule has 0 aliphatic rings. The summed E-state index contributed by atoms with van der Waals surface area (Å²) in [4.78, 5) is 12.7. The maximum absolute atomic E-state index is 12.7. The summed E-state index contributed by atoms with van der Waals surface area (Å²) in [6.45, 7) is 6.70. The fourth-order valence-corrected chi connectivity index (χ4v) is 3.97. The van der Waals surface area contributed by atoms with Gasteiger partial charge in [-0.3, -0.25) is 4.79 Å². The highest BCUT2D eigenvalue weighted by molar-refractivity contribution is 7.98. The number of allylic oxidation sites excluding steroid dienone is 1. The Kier molecular flexibility index (Phi) is 7.72. The Hall–Kier alpha value is -3.26. The Balaban J connectivity index is 1.70. The molecule has 162 valence electrons. The van der Waals surface area contributed by atoms with Crippen LogP contribution in [0, 0.1) is 6.92 Å². The number of methoxy groups -OCH3 is 2. The number of rotatable bonds is 10. The number of thioether (sulfide) groups is 1. The van der Waals surface area contributed by atoms with Crippen molar-refractivity contribution >= 4 is 17.7 Å². The van der Waals surface area contributed by atoms with Crippen LogP contribution < -0.4 is 14.8 Å². The van der Waals surface area contributed by atoms with E-state index in [1.165, 1.54) is 18.2 Å². The topological polar surface area (TPSA) is 78.3 Å². The molecule has 0 aliphatic carbocycles. The molecule has 31 heavy (non-hydrogen) atoms. The van der Waals surface area contributed by atoms with Crippen molar-refractivity contribution in [2.45, 2.75) is 30.9 Å². The van der Waals surface area contributed by atoms with Gasteiger partial charge in [0.2, 0.25) is 0 Å². The highest BCUT2D eigenvalue weighted by Gasteiger charge is 2.16. The van der Waals surface area contributed by atoms with Crippen molar-refractivity contribution in [1.29, 1.82) is 0 Å². The second-order valence-corrected chi connectivity index (χ2v) is 7.77. The lowest BCUT2D eigenvalue weighted by molar-refractivity contribution is 0.0946. The minimum atomic E-state index is -0.262. The van der Waals surface area contributed by atoms with Crippen molar-refractivity contribution in [1.82, 2.24) is 20.1 Å². The third-order valence-electron chi connectivity index (χ3n) is 4.62. The van der Waals surface area contributed by atoms with Gasteiger partial charge in [0.1, 0.15) is 11.5 Å². The number of hydrogen-bond donors (Lipinski definition) is 1. The largest absolute Gasteiger partial charge is 0.497 e. The van der Waals surface area contributed by atoms with Crippen molar-refractivity contribution < 1.29 is 14.3 Å². The van der Waals surface area contributed by atoms with Gasteiger partial charge in [-0.15, -0.1) is 16.8 Å². The molecule has 1 heterocycles. The normalized spacial score (nSPS) is 10.5. The lowest BCUT2D eigenvalue weighted by Crippen LogP contribution is -2.25. The molecule has 3 aromatic rings. The van der Waals surface area contributed by atoms with E-state index in [-0.39, 0.29) is 12.5 Å². The van der Waals surface area contributed by atoms with E-state index in [1.54, 1.807) is 43.1 Å².